The second-order valence-corrected chi connectivity index (χ2v) is 5.08. The van der Waals surface area contributed by atoms with Crippen LogP contribution in [-0.2, 0) is 14.3 Å². The molecule has 0 aromatic rings. The molecule has 2 aliphatic heterocycles. The molecule has 88 valence electrons. The molecule has 3 fully saturated rings. The number of carbonyl (C=O) groups is 2. The molecule has 2 atom stereocenters. The molecule has 0 spiro atoms. The van der Waals surface area contributed by atoms with Crippen LogP contribution in [0.4, 0.5) is 0 Å². The molecule has 0 aromatic carbocycles. The molecule has 1 saturated carbocycles. The number of hydrogen-bond acceptors (Lipinski definition) is 3. The predicted molar refractivity (Wildman–Crippen MR) is 56.8 cm³/mol. The maximum atomic E-state index is 11.8. The topological polar surface area (TPSA) is 46.6 Å². The van der Waals surface area contributed by atoms with Crippen molar-refractivity contribution in [3.05, 3.63) is 0 Å². The summed E-state index contributed by atoms with van der Waals surface area (Å²) in [5.41, 5.74) is 0. The van der Waals surface area contributed by atoms with E-state index in [0.29, 0.717) is 18.9 Å². The first kappa shape index (κ1) is 10.3. The van der Waals surface area contributed by atoms with Gasteiger partial charge in [-0.15, -0.1) is 0 Å². The van der Waals surface area contributed by atoms with E-state index >= 15 is 0 Å². The van der Waals surface area contributed by atoms with Gasteiger partial charge in [0.05, 0.1) is 18.6 Å². The lowest BCUT2D eigenvalue weighted by Crippen LogP contribution is -2.49. The lowest BCUT2D eigenvalue weighted by Gasteiger charge is -2.34. The number of rotatable bonds is 2. The average Bonchev–Trinajstić information content (AvgIpc) is 2.98. The van der Waals surface area contributed by atoms with Crippen molar-refractivity contribution < 1.29 is 14.3 Å². The molecule has 3 aliphatic rings. The van der Waals surface area contributed by atoms with E-state index in [4.69, 9.17) is 4.74 Å². The third-order valence-electron chi connectivity index (χ3n) is 3.89. The molecular weight excluding hydrogens is 206 g/mol. The van der Waals surface area contributed by atoms with Gasteiger partial charge in [0, 0.05) is 19.6 Å². The fourth-order valence-electron chi connectivity index (χ4n) is 2.89. The lowest BCUT2D eigenvalue weighted by atomic mass is 10.00. The van der Waals surface area contributed by atoms with Crippen molar-refractivity contribution in [3.63, 3.8) is 0 Å². The van der Waals surface area contributed by atoms with Gasteiger partial charge in [-0.1, -0.05) is 0 Å². The molecule has 1 aliphatic carbocycles. The SMILES string of the molecule is O=C1CCN(C2CCOC2C2CC2)C(=O)C1. The van der Waals surface area contributed by atoms with E-state index < -0.39 is 0 Å². The van der Waals surface area contributed by atoms with Crippen molar-refractivity contribution in [2.75, 3.05) is 13.2 Å². The largest absolute Gasteiger partial charge is 0.376 e. The van der Waals surface area contributed by atoms with Crippen LogP contribution in [-0.4, -0.2) is 41.9 Å². The molecule has 4 nitrogen and oxygen atoms in total. The molecule has 16 heavy (non-hydrogen) atoms. The van der Waals surface area contributed by atoms with Gasteiger partial charge in [-0.05, 0) is 25.2 Å². The minimum atomic E-state index is 0.0115. The Morgan fingerprint density at radius 3 is 2.69 bits per heavy atom. The van der Waals surface area contributed by atoms with E-state index in [-0.39, 0.29) is 30.3 Å². The number of carbonyl (C=O) groups excluding carboxylic acids is 2. The van der Waals surface area contributed by atoms with Gasteiger partial charge in [0.2, 0.25) is 5.91 Å². The van der Waals surface area contributed by atoms with Crippen LogP contribution in [0, 0.1) is 5.92 Å². The van der Waals surface area contributed by atoms with Gasteiger partial charge in [0.25, 0.3) is 0 Å². The number of ketones is 1. The van der Waals surface area contributed by atoms with E-state index in [1.54, 1.807) is 0 Å². The maximum Gasteiger partial charge on any atom is 0.230 e. The van der Waals surface area contributed by atoms with Crippen LogP contribution >= 0.6 is 0 Å². The van der Waals surface area contributed by atoms with Crippen molar-refractivity contribution in [1.29, 1.82) is 0 Å². The first-order valence-electron chi connectivity index (χ1n) is 6.18. The number of hydrogen-bond donors (Lipinski definition) is 0. The van der Waals surface area contributed by atoms with Crippen molar-refractivity contribution in [1.82, 2.24) is 4.90 Å². The third-order valence-corrected chi connectivity index (χ3v) is 3.89. The van der Waals surface area contributed by atoms with Gasteiger partial charge in [0.1, 0.15) is 5.78 Å². The Labute approximate surface area is 94.9 Å². The van der Waals surface area contributed by atoms with E-state index in [1.807, 2.05) is 4.90 Å². The molecule has 0 N–H and O–H groups in total. The average molecular weight is 223 g/mol. The summed E-state index contributed by atoms with van der Waals surface area (Å²) in [4.78, 5) is 24.9. The Morgan fingerprint density at radius 1 is 1.19 bits per heavy atom. The zero-order valence-corrected chi connectivity index (χ0v) is 9.35. The van der Waals surface area contributed by atoms with Crippen LogP contribution < -0.4 is 0 Å². The van der Waals surface area contributed by atoms with Crippen molar-refractivity contribution in [2.45, 2.75) is 44.2 Å². The Hall–Kier alpha value is -0.900. The smallest absolute Gasteiger partial charge is 0.230 e. The first-order valence-corrected chi connectivity index (χ1v) is 6.18. The normalized spacial score (nSPS) is 35.9. The standard InChI is InChI=1S/C12H17NO3/c14-9-3-5-13(11(15)7-9)10-4-6-16-12(10)8-1-2-8/h8,10,12H,1-7H2. The van der Waals surface area contributed by atoms with Crippen LogP contribution in [0.2, 0.25) is 0 Å². The molecule has 0 radical (unpaired) electrons. The van der Waals surface area contributed by atoms with Gasteiger partial charge in [-0.2, -0.15) is 0 Å². The van der Waals surface area contributed by atoms with E-state index in [9.17, 15) is 9.59 Å². The summed E-state index contributed by atoms with van der Waals surface area (Å²) in [6.45, 7) is 1.37. The number of amides is 1. The molecule has 2 saturated heterocycles. The summed E-state index contributed by atoms with van der Waals surface area (Å²) in [7, 11) is 0. The molecule has 4 heteroatoms. The summed E-state index contributed by atoms with van der Waals surface area (Å²) >= 11 is 0. The zero-order valence-electron chi connectivity index (χ0n) is 9.35. The van der Waals surface area contributed by atoms with Crippen molar-refractivity contribution in [3.8, 4) is 0 Å². The second kappa shape index (κ2) is 3.84. The third kappa shape index (κ3) is 1.75. The van der Waals surface area contributed by atoms with Gasteiger partial charge in [0.15, 0.2) is 0 Å². The van der Waals surface area contributed by atoms with E-state index in [2.05, 4.69) is 0 Å². The van der Waals surface area contributed by atoms with Gasteiger partial charge in [-0.25, -0.2) is 0 Å². The van der Waals surface area contributed by atoms with Crippen molar-refractivity contribution >= 4 is 11.7 Å². The zero-order chi connectivity index (χ0) is 11.1. The van der Waals surface area contributed by atoms with Crippen LogP contribution in [0.15, 0.2) is 0 Å². The fourth-order valence-corrected chi connectivity index (χ4v) is 2.89. The summed E-state index contributed by atoms with van der Waals surface area (Å²) in [5, 5.41) is 0. The first-order chi connectivity index (χ1) is 7.75. The Morgan fingerprint density at radius 2 is 2.00 bits per heavy atom. The number of piperidine rings is 1. The molecule has 2 heterocycles. The van der Waals surface area contributed by atoms with Crippen LogP contribution in [0.5, 0.6) is 0 Å². The fraction of sp³-hybridized carbons (Fsp3) is 0.833. The summed E-state index contributed by atoms with van der Waals surface area (Å²) in [6.07, 6.45) is 4.30. The molecular formula is C12H17NO3. The van der Waals surface area contributed by atoms with Crippen LogP contribution in [0.1, 0.15) is 32.1 Å². The minimum absolute atomic E-state index is 0.0115. The van der Waals surface area contributed by atoms with Crippen molar-refractivity contribution in [2.24, 2.45) is 5.92 Å². The van der Waals surface area contributed by atoms with Gasteiger partial charge >= 0.3 is 0 Å². The van der Waals surface area contributed by atoms with Gasteiger partial charge in [-0.3, -0.25) is 9.59 Å². The predicted octanol–water partition coefficient (Wildman–Crippen LogP) is 0.745. The summed E-state index contributed by atoms with van der Waals surface area (Å²) in [6, 6.07) is 0.244. The number of ether oxygens (including phenoxy) is 1. The quantitative estimate of drug-likeness (QED) is 0.649. The maximum absolute atomic E-state index is 11.8. The van der Waals surface area contributed by atoms with E-state index in [1.165, 1.54) is 12.8 Å². The molecule has 1 amide bonds. The Bertz CT molecular complexity index is 324. The van der Waals surface area contributed by atoms with Crippen LogP contribution in [0.25, 0.3) is 0 Å². The van der Waals surface area contributed by atoms with E-state index in [0.717, 1.165) is 13.0 Å². The second-order valence-electron chi connectivity index (χ2n) is 5.08. The highest BCUT2D eigenvalue weighted by Gasteiger charge is 2.45. The Kier molecular flexibility index (Phi) is 2.46. The molecule has 0 aromatic heterocycles. The monoisotopic (exact) mass is 223 g/mol. The minimum Gasteiger partial charge on any atom is -0.376 e. The molecule has 0 bridgehead atoms. The highest BCUT2D eigenvalue weighted by atomic mass is 16.5. The van der Waals surface area contributed by atoms with Gasteiger partial charge < -0.3 is 9.64 Å². The number of Topliss-reactive ketones (excluding diaryl/α,β-unsaturated/α-hetero) is 1. The molecule has 2 unspecified atom stereocenters. The summed E-state index contributed by atoms with van der Waals surface area (Å²) in [5.74, 6) is 0.762. The number of likely N-dealkylation sites (tertiary alicyclic amines) is 1. The summed E-state index contributed by atoms with van der Waals surface area (Å²) < 4.78 is 5.74. The lowest BCUT2D eigenvalue weighted by molar-refractivity contribution is -0.142. The molecule has 3 rings (SSSR count). The number of nitrogens with zero attached hydrogens (tertiary/aromatic N) is 1. The highest BCUT2D eigenvalue weighted by Crippen LogP contribution is 2.40. The Balaban J connectivity index is 1.71. The van der Waals surface area contributed by atoms with Crippen LogP contribution in [0.3, 0.4) is 0 Å². The highest BCUT2D eigenvalue weighted by molar-refractivity contribution is 6.00.